The van der Waals surface area contributed by atoms with E-state index >= 15 is 0 Å². The van der Waals surface area contributed by atoms with Crippen LogP contribution in [0.5, 0.6) is 0 Å². The summed E-state index contributed by atoms with van der Waals surface area (Å²) in [6.45, 7) is 8.20. The quantitative estimate of drug-likeness (QED) is 0.601. The van der Waals surface area contributed by atoms with Crippen LogP contribution in [0.4, 0.5) is 0 Å². The minimum atomic E-state index is -0.990. The summed E-state index contributed by atoms with van der Waals surface area (Å²) >= 11 is 0. The van der Waals surface area contributed by atoms with Crippen LogP contribution in [-0.4, -0.2) is 62.6 Å². The van der Waals surface area contributed by atoms with Crippen molar-refractivity contribution in [2.24, 2.45) is 22.7 Å². The van der Waals surface area contributed by atoms with E-state index in [-0.39, 0.29) is 23.8 Å². The lowest BCUT2D eigenvalue weighted by Crippen LogP contribution is -2.60. The van der Waals surface area contributed by atoms with Gasteiger partial charge in [-0.3, -0.25) is 4.79 Å². The molecular formula is C25H35NO6. The van der Waals surface area contributed by atoms with Crippen molar-refractivity contribution in [3.05, 3.63) is 35.9 Å². The number of benzene rings is 1. The highest BCUT2D eigenvalue weighted by molar-refractivity contribution is 5.89. The molecule has 32 heavy (non-hydrogen) atoms. The molecule has 176 valence electrons. The van der Waals surface area contributed by atoms with Crippen molar-refractivity contribution in [1.29, 1.82) is 0 Å². The number of aldehydes is 1. The van der Waals surface area contributed by atoms with E-state index in [0.29, 0.717) is 39.3 Å². The Morgan fingerprint density at radius 2 is 1.84 bits per heavy atom. The summed E-state index contributed by atoms with van der Waals surface area (Å²) in [5, 5.41) is 0. The summed E-state index contributed by atoms with van der Waals surface area (Å²) in [7, 11) is 1.75. The topological polar surface area (TPSA) is 74.3 Å². The lowest BCUT2D eigenvalue weighted by Gasteiger charge is -2.53. The van der Waals surface area contributed by atoms with Crippen LogP contribution in [0.25, 0.3) is 0 Å². The first kappa shape index (κ1) is 23.4. The van der Waals surface area contributed by atoms with Crippen LogP contribution >= 0.6 is 0 Å². The first-order chi connectivity index (χ1) is 15.3. The number of nitrogens with zero attached hydrogens (tertiary/aromatic N) is 1. The Hall–Kier alpha value is -1.80. The predicted octanol–water partition coefficient (Wildman–Crippen LogP) is 3.02. The smallest absolute Gasteiger partial charge is 0.234 e. The van der Waals surface area contributed by atoms with E-state index in [2.05, 4.69) is 13.8 Å². The zero-order chi connectivity index (χ0) is 23.0. The van der Waals surface area contributed by atoms with Crippen molar-refractivity contribution >= 4 is 12.2 Å². The number of ether oxygens (including phenoxy) is 4. The van der Waals surface area contributed by atoms with Gasteiger partial charge in [0.25, 0.3) is 0 Å². The Balaban J connectivity index is 1.63. The minimum Gasteiger partial charge on any atom is -0.376 e. The molecule has 3 aliphatic rings. The molecule has 0 N–H and O–H groups in total. The Bertz CT molecular complexity index is 817. The molecule has 1 amide bonds. The van der Waals surface area contributed by atoms with E-state index in [9.17, 15) is 9.59 Å². The summed E-state index contributed by atoms with van der Waals surface area (Å²) in [4.78, 5) is 27.7. The van der Waals surface area contributed by atoms with Crippen LogP contribution in [0, 0.1) is 22.7 Å². The number of fused-ring (bicyclic) bond motifs is 1. The Kier molecular flexibility index (Phi) is 6.47. The minimum absolute atomic E-state index is 0.0864. The summed E-state index contributed by atoms with van der Waals surface area (Å²) < 4.78 is 24.7. The normalized spacial score (nSPS) is 33.3. The predicted molar refractivity (Wildman–Crippen MR) is 117 cm³/mol. The standard InChI is InChI=1S/C25H35NO6/c1-5-30-21-20-12-24(31-15-23(2,3)16-32-24)11-19(13-27)25(20,22(28)26(21)4)17-29-14-18-9-7-6-8-10-18/h6-10,13,19-21H,5,11-12,14-17H2,1-4H3/t19-,20+,21+,25+/m0/s1. The van der Waals surface area contributed by atoms with Crippen molar-refractivity contribution in [1.82, 2.24) is 4.90 Å². The number of likely N-dealkylation sites (tertiary alicyclic amines) is 1. The van der Waals surface area contributed by atoms with Gasteiger partial charge >= 0.3 is 0 Å². The zero-order valence-corrected chi connectivity index (χ0v) is 19.5. The Morgan fingerprint density at radius 1 is 1.16 bits per heavy atom. The van der Waals surface area contributed by atoms with Gasteiger partial charge in [0.2, 0.25) is 5.91 Å². The first-order valence-electron chi connectivity index (χ1n) is 11.5. The molecule has 1 aromatic carbocycles. The average Bonchev–Trinajstić information content (AvgIpc) is 2.99. The summed E-state index contributed by atoms with van der Waals surface area (Å²) in [5.74, 6) is -1.84. The lowest BCUT2D eigenvalue weighted by atomic mass is 9.59. The van der Waals surface area contributed by atoms with Crippen molar-refractivity contribution in [3.8, 4) is 0 Å². The fourth-order valence-electron chi connectivity index (χ4n) is 5.51. The molecule has 3 fully saturated rings. The molecule has 4 rings (SSSR count). The van der Waals surface area contributed by atoms with Gasteiger partial charge in [0.05, 0.1) is 31.8 Å². The van der Waals surface area contributed by atoms with Gasteiger partial charge in [-0.05, 0) is 12.5 Å². The van der Waals surface area contributed by atoms with E-state index < -0.39 is 23.3 Å². The average molecular weight is 446 g/mol. The second-order valence-electron chi connectivity index (χ2n) is 10.2. The molecule has 0 bridgehead atoms. The molecule has 4 atom stereocenters. The van der Waals surface area contributed by atoms with Crippen molar-refractivity contribution < 1.29 is 28.5 Å². The highest BCUT2D eigenvalue weighted by Gasteiger charge is 2.68. The third-order valence-corrected chi connectivity index (χ3v) is 7.24. The maximum atomic E-state index is 13.7. The highest BCUT2D eigenvalue weighted by atomic mass is 16.7. The van der Waals surface area contributed by atoms with E-state index in [0.717, 1.165) is 11.8 Å². The maximum Gasteiger partial charge on any atom is 0.234 e. The second-order valence-corrected chi connectivity index (χ2v) is 10.2. The zero-order valence-electron chi connectivity index (χ0n) is 19.5. The SMILES string of the molecule is CCO[C@@H]1[C@H]2CC3(C[C@@H](C=O)[C@@]2(COCc2ccccc2)C(=O)N1C)OCC(C)(C)CO3. The van der Waals surface area contributed by atoms with Crippen molar-refractivity contribution in [2.45, 2.75) is 52.2 Å². The number of hydrogen-bond donors (Lipinski definition) is 0. The highest BCUT2D eigenvalue weighted by Crippen LogP contribution is 2.58. The molecule has 0 aromatic heterocycles. The maximum absolute atomic E-state index is 13.7. The van der Waals surface area contributed by atoms with Gasteiger partial charge in [0.15, 0.2) is 5.79 Å². The fourth-order valence-corrected chi connectivity index (χ4v) is 5.51. The van der Waals surface area contributed by atoms with Gasteiger partial charge in [0.1, 0.15) is 12.5 Å². The third kappa shape index (κ3) is 4.00. The molecule has 7 heteroatoms. The Labute approximate surface area is 190 Å². The number of hydrogen-bond acceptors (Lipinski definition) is 6. The van der Waals surface area contributed by atoms with E-state index in [4.69, 9.17) is 18.9 Å². The van der Waals surface area contributed by atoms with Crippen molar-refractivity contribution in [3.63, 3.8) is 0 Å². The number of rotatable bonds is 7. The number of amides is 1. The van der Waals surface area contributed by atoms with E-state index in [1.807, 2.05) is 37.3 Å². The molecule has 1 spiro atoms. The van der Waals surface area contributed by atoms with Gasteiger partial charge < -0.3 is 28.6 Å². The number of carbonyl (C=O) groups excluding carboxylic acids is 2. The van der Waals surface area contributed by atoms with Crippen LogP contribution in [0.1, 0.15) is 39.2 Å². The van der Waals surface area contributed by atoms with Crippen LogP contribution in [0.15, 0.2) is 30.3 Å². The van der Waals surface area contributed by atoms with E-state index in [1.54, 1.807) is 11.9 Å². The summed E-state index contributed by atoms with van der Waals surface area (Å²) in [6, 6.07) is 9.84. The molecule has 2 aliphatic heterocycles. The fraction of sp³-hybridized carbons (Fsp3) is 0.680. The molecular weight excluding hydrogens is 410 g/mol. The molecule has 0 radical (unpaired) electrons. The molecule has 1 saturated carbocycles. The van der Waals surface area contributed by atoms with Crippen molar-refractivity contribution in [2.75, 3.05) is 33.5 Å². The lowest BCUT2D eigenvalue weighted by molar-refractivity contribution is -0.331. The van der Waals surface area contributed by atoms with Gasteiger partial charge in [-0.1, -0.05) is 44.2 Å². The summed E-state index contributed by atoms with van der Waals surface area (Å²) in [6.07, 6.45) is 1.28. The van der Waals surface area contributed by atoms with Gasteiger partial charge in [0, 0.05) is 43.7 Å². The summed E-state index contributed by atoms with van der Waals surface area (Å²) in [5.41, 5.74) is -0.0517. The molecule has 2 saturated heterocycles. The van der Waals surface area contributed by atoms with Crippen LogP contribution < -0.4 is 0 Å². The molecule has 1 aliphatic carbocycles. The largest absolute Gasteiger partial charge is 0.376 e. The van der Waals surface area contributed by atoms with Gasteiger partial charge in [-0.15, -0.1) is 0 Å². The second kappa shape index (κ2) is 8.86. The molecule has 2 heterocycles. The van der Waals surface area contributed by atoms with E-state index in [1.165, 1.54) is 0 Å². The molecule has 0 unspecified atom stereocenters. The third-order valence-electron chi connectivity index (χ3n) is 7.24. The molecule has 1 aromatic rings. The molecule has 7 nitrogen and oxygen atoms in total. The number of carbonyl (C=O) groups is 2. The van der Waals surface area contributed by atoms with Crippen LogP contribution in [0.2, 0.25) is 0 Å². The van der Waals surface area contributed by atoms with Crippen LogP contribution in [-0.2, 0) is 35.1 Å². The van der Waals surface area contributed by atoms with Crippen LogP contribution in [0.3, 0.4) is 0 Å². The Morgan fingerprint density at radius 3 is 2.47 bits per heavy atom. The van der Waals surface area contributed by atoms with Gasteiger partial charge in [-0.2, -0.15) is 0 Å². The first-order valence-corrected chi connectivity index (χ1v) is 11.5. The van der Waals surface area contributed by atoms with Gasteiger partial charge in [-0.25, -0.2) is 0 Å². The monoisotopic (exact) mass is 445 g/mol.